The smallest absolute Gasteiger partial charge is 0.241 e. The number of allylic oxidation sites excluding steroid dienone is 1. The molecule has 2 atom stereocenters. The van der Waals surface area contributed by atoms with Gasteiger partial charge >= 0.3 is 0 Å². The van der Waals surface area contributed by atoms with E-state index in [1.165, 1.54) is 12.1 Å². The third kappa shape index (κ3) is 4.12. The van der Waals surface area contributed by atoms with Gasteiger partial charge < -0.3 is 9.64 Å². The summed E-state index contributed by atoms with van der Waals surface area (Å²) < 4.78 is 19.2. The number of amides is 1. The molecule has 0 N–H and O–H groups in total. The zero-order chi connectivity index (χ0) is 24.3. The molecule has 0 unspecified atom stereocenters. The molecule has 0 radical (unpaired) electrons. The molecule has 1 heterocycles. The average Bonchev–Trinajstić information content (AvgIpc) is 2.91. The van der Waals surface area contributed by atoms with E-state index in [9.17, 15) is 9.18 Å². The fourth-order valence-electron chi connectivity index (χ4n) is 4.97. The number of halogens is 1. The van der Waals surface area contributed by atoms with Crippen LogP contribution in [0.3, 0.4) is 0 Å². The van der Waals surface area contributed by atoms with Crippen LogP contribution in [-0.4, -0.2) is 13.0 Å². The van der Waals surface area contributed by atoms with Gasteiger partial charge in [-0.2, -0.15) is 0 Å². The highest BCUT2D eigenvalue weighted by atomic mass is 19.1. The first-order chi connectivity index (χ1) is 17.1. The Balaban J connectivity index is 1.64. The zero-order valence-electron chi connectivity index (χ0n) is 19.5. The Morgan fingerprint density at radius 2 is 1.49 bits per heavy atom. The Bertz CT molecular complexity index is 1320. The van der Waals surface area contributed by atoms with E-state index in [4.69, 9.17) is 4.74 Å². The number of benzene rings is 4. The van der Waals surface area contributed by atoms with Gasteiger partial charge in [-0.25, -0.2) is 4.39 Å². The molecular weight excluding hydrogens is 437 g/mol. The standard InChI is InChI=1S/C31H26FNO2/c1-35-28-20-16-25(17-21-28)31(22-8-11-23-9-4-2-5-10-23)29(24-14-18-26(32)19-15-24)33(30(31)34)27-12-6-3-7-13-27/h2-21,29H,22H2,1H3/b11-8+/t29-,31+/m1/s1. The maximum atomic E-state index is 14.1. The summed E-state index contributed by atoms with van der Waals surface area (Å²) in [4.78, 5) is 15.9. The maximum absolute atomic E-state index is 14.1. The van der Waals surface area contributed by atoms with Gasteiger partial charge in [0, 0.05) is 5.69 Å². The van der Waals surface area contributed by atoms with Crippen LogP contribution in [0.15, 0.2) is 115 Å². The predicted octanol–water partition coefficient (Wildman–Crippen LogP) is 6.96. The number of nitrogens with zero attached hydrogens (tertiary/aromatic N) is 1. The number of carbonyl (C=O) groups is 1. The minimum atomic E-state index is -0.842. The van der Waals surface area contributed by atoms with Gasteiger partial charge in [0.1, 0.15) is 17.0 Å². The van der Waals surface area contributed by atoms with Crippen molar-refractivity contribution in [2.24, 2.45) is 0 Å². The lowest BCUT2D eigenvalue weighted by molar-refractivity contribution is -0.133. The van der Waals surface area contributed by atoms with E-state index in [1.807, 2.05) is 95.9 Å². The highest BCUT2D eigenvalue weighted by Crippen LogP contribution is 2.56. The Labute approximate surface area is 205 Å². The Morgan fingerprint density at radius 1 is 0.857 bits per heavy atom. The van der Waals surface area contributed by atoms with E-state index in [0.717, 1.165) is 28.1 Å². The van der Waals surface area contributed by atoms with E-state index in [2.05, 4.69) is 6.08 Å². The number of β-lactam (4-membered cyclic amide) rings is 1. The summed E-state index contributed by atoms with van der Waals surface area (Å²) in [7, 11) is 1.63. The van der Waals surface area contributed by atoms with Crippen molar-refractivity contribution in [2.45, 2.75) is 17.9 Å². The second kappa shape index (κ2) is 9.59. The van der Waals surface area contributed by atoms with Crippen LogP contribution in [0.5, 0.6) is 5.75 Å². The fourth-order valence-corrected chi connectivity index (χ4v) is 4.97. The van der Waals surface area contributed by atoms with E-state index in [0.29, 0.717) is 6.42 Å². The summed E-state index contributed by atoms with van der Waals surface area (Å²) in [6, 6.07) is 33.6. The molecule has 3 nitrogen and oxygen atoms in total. The highest BCUT2D eigenvalue weighted by Gasteiger charge is 2.61. The van der Waals surface area contributed by atoms with Crippen LogP contribution < -0.4 is 9.64 Å². The normalized spacial score (nSPS) is 19.5. The second-order valence-corrected chi connectivity index (χ2v) is 8.68. The minimum absolute atomic E-state index is 0.0147. The molecule has 4 aromatic carbocycles. The van der Waals surface area contributed by atoms with Crippen LogP contribution in [0.1, 0.15) is 29.2 Å². The van der Waals surface area contributed by atoms with Crippen molar-refractivity contribution in [1.29, 1.82) is 0 Å². The molecule has 5 rings (SSSR count). The number of para-hydroxylation sites is 1. The van der Waals surface area contributed by atoms with Crippen LogP contribution in [0.4, 0.5) is 10.1 Å². The number of anilines is 1. The van der Waals surface area contributed by atoms with Crippen LogP contribution >= 0.6 is 0 Å². The van der Waals surface area contributed by atoms with Crippen molar-refractivity contribution < 1.29 is 13.9 Å². The van der Waals surface area contributed by atoms with Crippen LogP contribution in [0, 0.1) is 5.82 Å². The number of methoxy groups -OCH3 is 1. The summed E-state index contributed by atoms with van der Waals surface area (Å²) in [6.07, 6.45) is 4.61. The quantitative estimate of drug-likeness (QED) is 0.277. The molecule has 0 saturated carbocycles. The van der Waals surface area contributed by atoms with Crippen molar-refractivity contribution in [3.63, 3.8) is 0 Å². The Kier molecular flexibility index (Phi) is 6.19. The van der Waals surface area contributed by atoms with E-state index in [-0.39, 0.29) is 17.8 Å². The molecular formula is C31H26FNO2. The van der Waals surface area contributed by atoms with Gasteiger partial charge in [-0.1, -0.05) is 84.9 Å². The minimum Gasteiger partial charge on any atom is -0.497 e. The lowest BCUT2D eigenvalue weighted by Crippen LogP contribution is -2.66. The number of carbonyl (C=O) groups excluding carboxylic acids is 1. The first-order valence-corrected chi connectivity index (χ1v) is 11.6. The molecule has 1 saturated heterocycles. The van der Waals surface area contributed by atoms with E-state index < -0.39 is 5.41 Å². The van der Waals surface area contributed by atoms with E-state index in [1.54, 1.807) is 19.2 Å². The van der Waals surface area contributed by atoms with Crippen molar-refractivity contribution >= 4 is 17.7 Å². The van der Waals surface area contributed by atoms with Gasteiger partial charge in [0.2, 0.25) is 5.91 Å². The molecule has 1 fully saturated rings. The second-order valence-electron chi connectivity index (χ2n) is 8.68. The number of hydrogen-bond donors (Lipinski definition) is 0. The van der Waals surface area contributed by atoms with Gasteiger partial charge in [-0.3, -0.25) is 4.79 Å². The predicted molar refractivity (Wildman–Crippen MR) is 138 cm³/mol. The largest absolute Gasteiger partial charge is 0.497 e. The molecule has 0 aliphatic carbocycles. The van der Waals surface area contributed by atoms with Crippen molar-refractivity contribution in [3.8, 4) is 5.75 Å². The SMILES string of the molecule is COc1ccc([C@]2(C/C=C/c3ccccc3)C(=O)N(c3ccccc3)[C@@H]2c2ccc(F)cc2)cc1. The molecule has 0 spiro atoms. The molecule has 1 amide bonds. The zero-order valence-corrected chi connectivity index (χ0v) is 19.5. The van der Waals surface area contributed by atoms with Gasteiger partial charge in [0.15, 0.2) is 0 Å². The Morgan fingerprint density at radius 3 is 2.11 bits per heavy atom. The topological polar surface area (TPSA) is 29.5 Å². The Hall–Kier alpha value is -4.18. The number of ether oxygens (including phenoxy) is 1. The molecule has 1 aliphatic heterocycles. The lowest BCUT2D eigenvalue weighted by Gasteiger charge is -2.56. The maximum Gasteiger partial charge on any atom is 0.241 e. The molecule has 0 bridgehead atoms. The number of hydrogen-bond acceptors (Lipinski definition) is 2. The number of rotatable bonds is 7. The molecule has 0 aromatic heterocycles. The first-order valence-electron chi connectivity index (χ1n) is 11.6. The molecule has 35 heavy (non-hydrogen) atoms. The van der Waals surface area contributed by atoms with Crippen LogP contribution in [0.25, 0.3) is 6.08 Å². The van der Waals surface area contributed by atoms with Gasteiger partial charge in [0.25, 0.3) is 0 Å². The van der Waals surface area contributed by atoms with Crippen LogP contribution in [0.2, 0.25) is 0 Å². The summed E-state index contributed by atoms with van der Waals surface area (Å²) in [5, 5.41) is 0. The fraction of sp³-hybridized carbons (Fsp3) is 0.129. The van der Waals surface area contributed by atoms with Crippen molar-refractivity contribution in [2.75, 3.05) is 12.0 Å². The molecule has 4 heteroatoms. The van der Waals surface area contributed by atoms with E-state index >= 15 is 0 Å². The summed E-state index contributed by atoms with van der Waals surface area (Å²) in [6.45, 7) is 0. The third-order valence-electron chi connectivity index (χ3n) is 6.70. The van der Waals surface area contributed by atoms with Crippen molar-refractivity contribution in [1.82, 2.24) is 0 Å². The van der Waals surface area contributed by atoms with Gasteiger partial charge in [-0.15, -0.1) is 0 Å². The van der Waals surface area contributed by atoms with Crippen LogP contribution in [-0.2, 0) is 10.2 Å². The average molecular weight is 464 g/mol. The van der Waals surface area contributed by atoms with Gasteiger partial charge in [0.05, 0.1) is 13.2 Å². The summed E-state index contributed by atoms with van der Waals surface area (Å²) in [5.41, 5.74) is 2.84. The summed E-state index contributed by atoms with van der Waals surface area (Å²) in [5.74, 6) is 0.444. The lowest BCUT2D eigenvalue weighted by atomic mass is 9.61. The first kappa shape index (κ1) is 22.6. The molecule has 1 aliphatic rings. The van der Waals surface area contributed by atoms with Gasteiger partial charge in [-0.05, 0) is 59.5 Å². The third-order valence-corrected chi connectivity index (χ3v) is 6.70. The summed E-state index contributed by atoms with van der Waals surface area (Å²) >= 11 is 0. The molecule has 174 valence electrons. The van der Waals surface area contributed by atoms with Crippen molar-refractivity contribution in [3.05, 3.63) is 138 Å². The highest BCUT2D eigenvalue weighted by molar-refractivity contribution is 6.10. The monoisotopic (exact) mass is 463 g/mol. The molecule has 4 aromatic rings.